The number of H-pyrrole nitrogens is 2. The quantitative estimate of drug-likeness (QED) is 0.370. The Morgan fingerprint density at radius 2 is 1.74 bits per heavy atom. The second-order valence-electron chi connectivity index (χ2n) is 4.40. The first kappa shape index (κ1) is 20.8. The van der Waals surface area contributed by atoms with Crippen LogP contribution in [0.2, 0.25) is 0 Å². The summed E-state index contributed by atoms with van der Waals surface area (Å²) in [5.41, 5.74) is 11.7. The Bertz CT molecular complexity index is 522. The largest absolute Gasteiger partial charge is 2.00 e. The van der Waals surface area contributed by atoms with Gasteiger partial charge in [-0.3, -0.25) is 0 Å². The predicted octanol–water partition coefficient (Wildman–Crippen LogP) is -3.94. The summed E-state index contributed by atoms with van der Waals surface area (Å²) in [6.07, 6.45) is 6.49. The van der Waals surface area contributed by atoms with Crippen LogP contribution < -0.4 is 21.7 Å². The topological polar surface area (TPSA) is 190 Å². The van der Waals surface area contributed by atoms with Gasteiger partial charge in [0.05, 0.1) is 30.3 Å². The van der Waals surface area contributed by atoms with Crippen LogP contribution in [0.4, 0.5) is 0 Å². The molecule has 1 radical (unpaired) electrons. The third kappa shape index (κ3) is 8.12. The third-order valence-corrected chi connectivity index (χ3v) is 2.58. The van der Waals surface area contributed by atoms with Gasteiger partial charge in [-0.05, 0) is 0 Å². The SMILES string of the molecule is NC(Cc1c[nH]cn1)C(=O)[O-].NC(Cc1cnc[nH]1)C(=O)[O-].[Cu+2]. The van der Waals surface area contributed by atoms with Gasteiger partial charge >= 0.3 is 17.1 Å². The van der Waals surface area contributed by atoms with Crippen molar-refractivity contribution in [2.75, 3.05) is 0 Å². The van der Waals surface area contributed by atoms with Gasteiger partial charge in [-0.15, -0.1) is 0 Å². The molecule has 10 nitrogen and oxygen atoms in total. The number of carbonyl (C=O) groups is 2. The zero-order valence-corrected chi connectivity index (χ0v) is 12.8. The predicted molar refractivity (Wildman–Crippen MR) is 70.5 cm³/mol. The normalized spacial score (nSPS) is 12.3. The molecule has 2 rings (SSSR count). The van der Waals surface area contributed by atoms with Crippen LogP contribution in [0.5, 0.6) is 0 Å². The number of carboxylic acids is 2. The molecule has 0 aliphatic rings. The summed E-state index contributed by atoms with van der Waals surface area (Å²) in [7, 11) is 0. The van der Waals surface area contributed by atoms with E-state index in [1.54, 1.807) is 6.20 Å². The minimum atomic E-state index is -1.26. The van der Waals surface area contributed by atoms with Crippen LogP contribution in [-0.4, -0.2) is 44.0 Å². The van der Waals surface area contributed by atoms with Gasteiger partial charge in [0.25, 0.3) is 0 Å². The van der Waals surface area contributed by atoms with Crippen molar-refractivity contribution in [3.63, 3.8) is 0 Å². The van der Waals surface area contributed by atoms with E-state index >= 15 is 0 Å². The summed E-state index contributed by atoms with van der Waals surface area (Å²) in [5.74, 6) is -2.51. The maximum Gasteiger partial charge on any atom is 2.00 e. The summed E-state index contributed by atoms with van der Waals surface area (Å²) in [5, 5.41) is 20.3. The van der Waals surface area contributed by atoms with Gasteiger partial charge < -0.3 is 41.2 Å². The molecule has 129 valence electrons. The number of hydrogen-bond acceptors (Lipinski definition) is 8. The van der Waals surface area contributed by atoms with Crippen molar-refractivity contribution in [2.24, 2.45) is 11.5 Å². The zero-order valence-electron chi connectivity index (χ0n) is 11.9. The minimum absolute atomic E-state index is 0. The molecule has 2 unspecified atom stereocenters. The van der Waals surface area contributed by atoms with Crippen LogP contribution in [0.3, 0.4) is 0 Å². The van der Waals surface area contributed by atoms with Crippen LogP contribution in [-0.2, 0) is 39.5 Å². The molecule has 0 spiro atoms. The average Bonchev–Trinajstić information content (AvgIpc) is 3.12. The maximum absolute atomic E-state index is 10.2. The molecular weight excluding hydrogens is 356 g/mol. The fourth-order valence-corrected chi connectivity index (χ4v) is 1.43. The van der Waals surface area contributed by atoms with Gasteiger partial charge in [0, 0.05) is 43.0 Å². The number of carbonyl (C=O) groups excluding carboxylic acids is 2. The first-order valence-corrected chi connectivity index (χ1v) is 6.28. The molecule has 0 aromatic carbocycles. The first-order chi connectivity index (χ1) is 10.4. The molecular formula is C12H16CuN6O4. The van der Waals surface area contributed by atoms with Crippen molar-refractivity contribution in [3.05, 3.63) is 36.4 Å². The molecule has 2 aromatic rings. The number of imidazole rings is 2. The summed E-state index contributed by atoms with van der Waals surface area (Å²) < 4.78 is 0. The van der Waals surface area contributed by atoms with Gasteiger partial charge in [0.2, 0.25) is 0 Å². The Morgan fingerprint density at radius 3 is 2.17 bits per heavy atom. The molecule has 0 aliphatic heterocycles. The van der Waals surface area contributed by atoms with Gasteiger partial charge in [-0.1, -0.05) is 0 Å². The minimum Gasteiger partial charge on any atom is -0.548 e. The Kier molecular flexibility index (Phi) is 9.51. The molecule has 6 N–H and O–H groups in total. The third-order valence-electron chi connectivity index (χ3n) is 2.58. The smallest absolute Gasteiger partial charge is 0.548 e. The molecule has 0 saturated carbocycles. The second kappa shape index (κ2) is 10.5. The van der Waals surface area contributed by atoms with Gasteiger partial charge in [-0.2, -0.15) is 0 Å². The molecule has 0 aliphatic carbocycles. The maximum atomic E-state index is 10.2. The number of nitrogens with two attached hydrogens (primary N) is 2. The number of hydrogen-bond donors (Lipinski definition) is 4. The summed E-state index contributed by atoms with van der Waals surface area (Å²) in [6.45, 7) is 0. The number of nitrogens with one attached hydrogen (secondary N) is 2. The fourth-order valence-electron chi connectivity index (χ4n) is 1.43. The van der Waals surface area contributed by atoms with E-state index in [0.717, 1.165) is 0 Å². The van der Waals surface area contributed by atoms with Crippen LogP contribution in [0.25, 0.3) is 0 Å². The standard InChI is InChI=1S/2C6H9N3O2.Cu/c2*7-5(6(10)11)1-4-2-8-3-9-4;/h2*2-3,5H,1,7H2,(H,8,9)(H,10,11);/q;;+2/p-2. The van der Waals surface area contributed by atoms with Crippen molar-refractivity contribution in [2.45, 2.75) is 24.9 Å². The van der Waals surface area contributed by atoms with E-state index < -0.39 is 24.0 Å². The Balaban J connectivity index is 0.000000403. The van der Waals surface area contributed by atoms with Crippen LogP contribution in [0.15, 0.2) is 25.0 Å². The average molecular weight is 372 g/mol. The monoisotopic (exact) mass is 371 g/mol. The van der Waals surface area contributed by atoms with Crippen molar-refractivity contribution < 1.29 is 36.9 Å². The Hall–Kier alpha value is -2.20. The van der Waals surface area contributed by atoms with E-state index in [-0.39, 0.29) is 29.9 Å². The molecule has 2 heterocycles. The number of aliphatic carboxylic acids is 2. The van der Waals surface area contributed by atoms with Gasteiger partial charge in [0.1, 0.15) is 0 Å². The van der Waals surface area contributed by atoms with Gasteiger partial charge in [0.15, 0.2) is 0 Å². The number of rotatable bonds is 6. The number of aromatic nitrogens is 4. The Morgan fingerprint density at radius 1 is 1.13 bits per heavy atom. The van der Waals surface area contributed by atoms with E-state index in [0.29, 0.717) is 11.4 Å². The van der Waals surface area contributed by atoms with E-state index in [1.165, 1.54) is 18.9 Å². The van der Waals surface area contributed by atoms with Crippen LogP contribution in [0.1, 0.15) is 11.4 Å². The molecule has 23 heavy (non-hydrogen) atoms. The van der Waals surface area contributed by atoms with Gasteiger partial charge in [-0.25, -0.2) is 9.97 Å². The van der Waals surface area contributed by atoms with E-state index in [9.17, 15) is 19.8 Å². The second-order valence-corrected chi connectivity index (χ2v) is 4.40. The summed E-state index contributed by atoms with van der Waals surface area (Å²) in [4.78, 5) is 33.3. The summed E-state index contributed by atoms with van der Waals surface area (Å²) >= 11 is 0. The molecule has 0 saturated heterocycles. The first-order valence-electron chi connectivity index (χ1n) is 6.28. The summed E-state index contributed by atoms with van der Waals surface area (Å²) in [6, 6.07) is -1.94. The van der Waals surface area contributed by atoms with E-state index in [2.05, 4.69) is 19.9 Å². The number of nitrogens with zero attached hydrogens (tertiary/aromatic N) is 2. The molecule has 2 atom stereocenters. The number of aromatic amines is 2. The molecule has 2 aromatic heterocycles. The van der Waals surface area contributed by atoms with Crippen molar-refractivity contribution >= 4 is 11.9 Å². The molecule has 11 heteroatoms. The zero-order chi connectivity index (χ0) is 16.5. The van der Waals surface area contributed by atoms with E-state index in [4.69, 9.17) is 11.5 Å². The van der Waals surface area contributed by atoms with Crippen LogP contribution >= 0.6 is 0 Å². The Labute approximate surface area is 142 Å². The molecule has 0 bridgehead atoms. The molecule has 0 amide bonds. The van der Waals surface area contributed by atoms with Crippen LogP contribution in [0, 0.1) is 0 Å². The van der Waals surface area contributed by atoms with Crippen molar-refractivity contribution in [1.82, 2.24) is 19.9 Å². The van der Waals surface area contributed by atoms with E-state index in [1.807, 2.05) is 0 Å². The van der Waals surface area contributed by atoms with Crippen molar-refractivity contribution in [1.29, 1.82) is 0 Å². The number of carboxylic acid groups (broad SMARTS) is 2. The van der Waals surface area contributed by atoms with Crippen molar-refractivity contribution in [3.8, 4) is 0 Å². The fraction of sp³-hybridized carbons (Fsp3) is 0.333. The molecule has 0 fully saturated rings.